The van der Waals surface area contributed by atoms with Crippen LogP contribution in [0.3, 0.4) is 0 Å². The largest absolute Gasteiger partial charge is 0.391 e. The number of carbonyl (C=O) groups is 1. The first-order valence-corrected chi connectivity index (χ1v) is 15.5. The van der Waals surface area contributed by atoms with Crippen LogP contribution < -0.4 is 15.7 Å². The molecule has 40 heavy (non-hydrogen) atoms. The Morgan fingerprint density at radius 1 is 0.975 bits per heavy atom. The van der Waals surface area contributed by atoms with Gasteiger partial charge in [0.15, 0.2) is 0 Å². The molecule has 1 aromatic heterocycles. The van der Waals surface area contributed by atoms with Gasteiger partial charge < -0.3 is 15.3 Å². The number of piperazine rings is 1. The molecule has 1 aliphatic heterocycles. The molecular weight excluding hydrogens is 530 g/mol. The van der Waals surface area contributed by atoms with Gasteiger partial charge in [-0.15, -0.1) is 0 Å². The van der Waals surface area contributed by atoms with E-state index in [2.05, 4.69) is 10.0 Å². The molecule has 0 radical (unpaired) electrons. The predicted octanol–water partition coefficient (Wildman–Crippen LogP) is 2.21. The molecule has 3 N–H and O–H groups in total. The van der Waals surface area contributed by atoms with Gasteiger partial charge in [-0.2, -0.15) is 0 Å². The van der Waals surface area contributed by atoms with Gasteiger partial charge in [-0.1, -0.05) is 61.4 Å². The zero-order valence-electron chi connectivity index (χ0n) is 22.5. The molecule has 2 aliphatic rings. The molecule has 11 heteroatoms. The Bertz CT molecular complexity index is 1460. The number of aromatic nitrogens is 2. The summed E-state index contributed by atoms with van der Waals surface area (Å²) >= 11 is 0. The molecule has 2 unspecified atom stereocenters. The zero-order valence-corrected chi connectivity index (χ0v) is 23.4. The molecule has 1 amide bonds. The maximum absolute atomic E-state index is 14.1. The fourth-order valence-electron chi connectivity index (χ4n) is 5.70. The predicted molar refractivity (Wildman–Crippen MR) is 153 cm³/mol. The van der Waals surface area contributed by atoms with E-state index in [4.69, 9.17) is 0 Å². The molecule has 2 aromatic carbocycles. The minimum atomic E-state index is -3.70. The Morgan fingerprint density at radius 3 is 2.30 bits per heavy atom. The number of aliphatic hydroxyl groups is 1. The van der Waals surface area contributed by atoms with Gasteiger partial charge in [0.1, 0.15) is 5.69 Å². The highest BCUT2D eigenvalue weighted by molar-refractivity contribution is 7.89. The van der Waals surface area contributed by atoms with Gasteiger partial charge in [-0.05, 0) is 31.4 Å². The van der Waals surface area contributed by atoms with Gasteiger partial charge in [-0.3, -0.25) is 13.9 Å². The monoisotopic (exact) mass is 567 g/mol. The van der Waals surface area contributed by atoms with Crippen LogP contribution in [0.2, 0.25) is 0 Å². The first kappa shape index (κ1) is 28.3. The van der Waals surface area contributed by atoms with E-state index < -0.39 is 22.2 Å². The van der Waals surface area contributed by atoms with Crippen LogP contribution in [0.25, 0.3) is 11.3 Å². The van der Waals surface area contributed by atoms with Crippen molar-refractivity contribution in [2.45, 2.75) is 55.7 Å². The van der Waals surface area contributed by atoms with Gasteiger partial charge in [-0.25, -0.2) is 17.9 Å². The van der Waals surface area contributed by atoms with E-state index >= 15 is 0 Å². The van der Waals surface area contributed by atoms with Crippen LogP contribution in [0.1, 0.15) is 48.6 Å². The Hall–Kier alpha value is -3.25. The van der Waals surface area contributed by atoms with Crippen LogP contribution in [-0.2, 0) is 16.6 Å². The number of aliphatic hydroxyl groups excluding tert-OH is 1. The lowest BCUT2D eigenvalue weighted by Gasteiger charge is -2.30. The van der Waals surface area contributed by atoms with E-state index in [1.54, 1.807) is 27.7 Å². The molecule has 5 rings (SSSR count). The summed E-state index contributed by atoms with van der Waals surface area (Å²) in [7, 11) is -3.70. The number of sulfonamides is 1. The van der Waals surface area contributed by atoms with Crippen molar-refractivity contribution >= 4 is 15.9 Å². The van der Waals surface area contributed by atoms with Crippen molar-refractivity contribution in [2.75, 3.05) is 32.7 Å². The summed E-state index contributed by atoms with van der Waals surface area (Å²) in [6.45, 7) is 2.63. The number of benzene rings is 2. The number of nitrogens with zero attached hydrogens (tertiary/aromatic N) is 3. The average molecular weight is 568 g/mol. The molecule has 1 aliphatic carbocycles. The highest BCUT2D eigenvalue weighted by atomic mass is 32.2. The highest BCUT2D eigenvalue weighted by Crippen LogP contribution is 2.34. The minimum absolute atomic E-state index is 0.100. The molecule has 1 saturated carbocycles. The molecule has 214 valence electrons. The first-order valence-electron chi connectivity index (χ1n) is 14.0. The lowest BCUT2D eigenvalue weighted by molar-refractivity contribution is 0.0719. The number of rotatable bonds is 9. The maximum atomic E-state index is 14.1. The van der Waals surface area contributed by atoms with Crippen LogP contribution in [0.4, 0.5) is 0 Å². The van der Waals surface area contributed by atoms with Gasteiger partial charge in [0, 0.05) is 44.8 Å². The molecule has 0 bridgehead atoms. The lowest BCUT2D eigenvalue weighted by Crippen LogP contribution is -2.47. The standard InChI is InChI=1S/C29H37N5O5S/c35-25-15-8-7-14-24(25)34-26(22-10-3-1-4-11-22)27(28(36)32-20-17-30-18-21-32)33(29(34)37)19-9-16-31-40(38,39)23-12-5-2-6-13-23/h1-6,10-13,24-25,30-31,35H,7-9,14-21H2. The van der Waals surface area contributed by atoms with Gasteiger partial charge in [0.05, 0.1) is 22.7 Å². The Balaban J connectivity index is 1.53. The number of hydrogen-bond donors (Lipinski definition) is 3. The van der Waals surface area contributed by atoms with Crippen LogP contribution in [-0.4, -0.2) is 72.3 Å². The Kier molecular flexibility index (Phi) is 8.84. The lowest BCUT2D eigenvalue weighted by atomic mass is 9.92. The number of imidazole rings is 1. The normalized spacial score (nSPS) is 20.0. The number of amides is 1. The van der Waals surface area contributed by atoms with Crippen LogP contribution >= 0.6 is 0 Å². The second-order valence-electron chi connectivity index (χ2n) is 10.4. The van der Waals surface area contributed by atoms with Crippen LogP contribution in [0.15, 0.2) is 70.4 Å². The molecule has 3 aromatic rings. The molecule has 2 heterocycles. The smallest absolute Gasteiger partial charge is 0.329 e. The summed E-state index contributed by atoms with van der Waals surface area (Å²) in [4.78, 5) is 30.1. The first-order chi connectivity index (χ1) is 19.4. The number of nitrogens with one attached hydrogen (secondary N) is 2. The minimum Gasteiger partial charge on any atom is -0.391 e. The second-order valence-corrected chi connectivity index (χ2v) is 12.2. The topological polar surface area (TPSA) is 126 Å². The van der Waals surface area contributed by atoms with Crippen molar-refractivity contribution in [3.05, 3.63) is 76.8 Å². The summed E-state index contributed by atoms with van der Waals surface area (Å²) in [5.74, 6) is -0.230. The van der Waals surface area contributed by atoms with Crippen molar-refractivity contribution in [3.63, 3.8) is 0 Å². The van der Waals surface area contributed by atoms with Gasteiger partial charge in [0.2, 0.25) is 10.0 Å². The summed E-state index contributed by atoms with van der Waals surface area (Å²) in [5.41, 5.74) is 1.19. The third-order valence-corrected chi connectivity index (χ3v) is 9.23. The van der Waals surface area contributed by atoms with E-state index in [1.165, 1.54) is 16.7 Å². The average Bonchev–Trinajstić information content (AvgIpc) is 3.28. The molecule has 2 fully saturated rings. The summed E-state index contributed by atoms with van der Waals surface area (Å²) in [6, 6.07) is 17.1. The summed E-state index contributed by atoms with van der Waals surface area (Å²) < 4.78 is 31.1. The van der Waals surface area contributed by atoms with Crippen molar-refractivity contribution in [3.8, 4) is 11.3 Å². The van der Waals surface area contributed by atoms with Crippen molar-refractivity contribution in [2.24, 2.45) is 0 Å². The van der Waals surface area contributed by atoms with Crippen molar-refractivity contribution in [1.29, 1.82) is 0 Å². The third-order valence-electron chi connectivity index (χ3n) is 7.76. The zero-order chi connectivity index (χ0) is 28.1. The number of hydrogen-bond acceptors (Lipinski definition) is 6. The Morgan fingerprint density at radius 2 is 1.62 bits per heavy atom. The van der Waals surface area contributed by atoms with Crippen molar-refractivity contribution < 1.29 is 18.3 Å². The third kappa shape index (κ3) is 5.92. The SMILES string of the molecule is O=C(c1c(-c2ccccc2)n(C2CCCCC2O)c(=O)n1CCCNS(=O)(=O)c1ccccc1)N1CCNCC1. The molecular formula is C29H37N5O5S. The van der Waals surface area contributed by atoms with E-state index in [-0.39, 0.29) is 29.6 Å². The Labute approximate surface area is 234 Å². The van der Waals surface area contributed by atoms with E-state index in [0.29, 0.717) is 56.8 Å². The quantitative estimate of drug-likeness (QED) is 0.341. The number of carbonyl (C=O) groups excluding carboxylic acids is 1. The fourth-order valence-corrected chi connectivity index (χ4v) is 6.80. The molecule has 1 saturated heterocycles. The van der Waals surface area contributed by atoms with Gasteiger partial charge in [0.25, 0.3) is 5.91 Å². The molecule has 10 nitrogen and oxygen atoms in total. The van der Waals surface area contributed by atoms with E-state index in [9.17, 15) is 23.1 Å². The molecule has 0 spiro atoms. The fraction of sp³-hybridized carbons (Fsp3) is 0.448. The van der Waals surface area contributed by atoms with Crippen molar-refractivity contribution in [1.82, 2.24) is 24.1 Å². The van der Waals surface area contributed by atoms with Crippen LogP contribution in [0.5, 0.6) is 0 Å². The van der Waals surface area contributed by atoms with Gasteiger partial charge >= 0.3 is 5.69 Å². The molecule has 2 atom stereocenters. The summed E-state index contributed by atoms with van der Waals surface area (Å²) in [5, 5.41) is 14.2. The van der Waals surface area contributed by atoms with Crippen LogP contribution in [0, 0.1) is 0 Å². The second kappa shape index (κ2) is 12.5. The highest BCUT2D eigenvalue weighted by Gasteiger charge is 2.35. The van der Waals surface area contributed by atoms with E-state index in [1.807, 2.05) is 30.3 Å². The summed E-state index contributed by atoms with van der Waals surface area (Å²) in [6.07, 6.45) is 2.63. The van der Waals surface area contributed by atoms with E-state index in [0.717, 1.165) is 18.4 Å². The maximum Gasteiger partial charge on any atom is 0.329 e.